The molecule has 1 saturated heterocycles. The zero-order valence-corrected chi connectivity index (χ0v) is 21.6. The molecule has 3 aromatic carbocycles. The Labute approximate surface area is 219 Å². The Morgan fingerprint density at radius 3 is 2.53 bits per heavy atom. The van der Waals surface area contributed by atoms with Gasteiger partial charge in [0.25, 0.3) is 5.91 Å². The molecular formula is C28H28BrN3O4. The van der Waals surface area contributed by atoms with E-state index in [2.05, 4.69) is 26.6 Å². The monoisotopic (exact) mass is 549 g/mol. The van der Waals surface area contributed by atoms with Crippen LogP contribution in [0.3, 0.4) is 0 Å². The third-order valence-electron chi connectivity index (χ3n) is 6.03. The van der Waals surface area contributed by atoms with E-state index in [9.17, 15) is 14.4 Å². The Morgan fingerprint density at radius 2 is 1.81 bits per heavy atom. The number of nitrogens with one attached hydrogen (secondary N) is 2. The van der Waals surface area contributed by atoms with E-state index in [4.69, 9.17) is 4.74 Å². The Bertz CT molecular complexity index is 1230. The molecule has 0 aliphatic carbocycles. The van der Waals surface area contributed by atoms with Gasteiger partial charge in [0.05, 0.1) is 5.92 Å². The molecule has 0 spiro atoms. The van der Waals surface area contributed by atoms with Crippen LogP contribution in [0.2, 0.25) is 0 Å². The third-order valence-corrected chi connectivity index (χ3v) is 6.53. The van der Waals surface area contributed by atoms with Crippen LogP contribution in [0.4, 0.5) is 11.4 Å². The summed E-state index contributed by atoms with van der Waals surface area (Å²) in [7, 11) is 0. The van der Waals surface area contributed by atoms with Gasteiger partial charge in [-0.05, 0) is 66.9 Å². The predicted octanol–water partition coefficient (Wildman–Crippen LogP) is 4.49. The molecule has 0 unspecified atom stereocenters. The number of hydrogen-bond donors (Lipinski definition) is 2. The second kappa shape index (κ2) is 11.9. The van der Waals surface area contributed by atoms with E-state index in [-0.39, 0.29) is 36.7 Å². The summed E-state index contributed by atoms with van der Waals surface area (Å²) < 4.78 is 6.54. The summed E-state index contributed by atoms with van der Waals surface area (Å²) in [5, 5.41) is 5.78. The van der Waals surface area contributed by atoms with Crippen LogP contribution in [0.15, 0.2) is 77.3 Å². The van der Waals surface area contributed by atoms with Crippen molar-refractivity contribution in [1.29, 1.82) is 0 Å². The van der Waals surface area contributed by atoms with Crippen molar-refractivity contribution in [2.45, 2.75) is 19.8 Å². The van der Waals surface area contributed by atoms with Gasteiger partial charge in [-0.3, -0.25) is 14.4 Å². The molecule has 4 rings (SSSR count). The number of carbonyl (C=O) groups is 3. The van der Waals surface area contributed by atoms with Crippen molar-refractivity contribution in [2.24, 2.45) is 5.92 Å². The summed E-state index contributed by atoms with van der Waals surface area (Å²) in [5.41, 5.74) is 3.53. The van der Waals surface area contributed by atoms with Crippen LogP contribution >= 0.6 is 15.9 Å². The lowest BCUT2D eigenvalue weighted by Crippen LogP contribution is -2.34. The Balaban J connectivity index is 1.24. The highest BCUT2D eigenvalue weighted by molar-refractivity contribution is 9.10. The van der Waals surface area contributed by atoms with Crippen LogP contribution in [0.5, 0.6) is 5.75 Å². The van der Waals surface area contributed by atoms with Gasteiger partial charge in [-0.15, -0.1) is 0 Å². The molecule has 0 radical (unpaired) electrons. The number of carbonyl (C=O) groups excluding carboxylic acids is 3. The molecule has 36 heavy (non-hydrogen) atoms. The summed E-state index contributed by atoms with van der Waals surface area (Å²) in [6, 6.07) is 22.5. The Hall–Kier alpha value is -3.65. The molecule has 0 bridgehead atoms. The molecule has 1 aliphatic heterocycles. The maximum atomic E-state index is 12.6. The number of halogens is 1. The lowest BCUT2D eigenvalue weighted by Gasteiger charge is -2.17. The van der Waals surface area contributed by atoms with Crippen LogP contribution in [-0.4, -0.2) is 37.4 Å². The maximum absolute atomic E-state index is 12.6. The van der Waals surface area contributed by atoms with Crippen LogP contribution in [0.1, 0.15) is 17.5 Å². The van der Waals surface area contributed by atoms with Gasteiger partial charge in [0, 0.05) is 35.4 Å². The van der Waals surface area contributed by atoms with Crippen LogP contribution in [0.25, 0.3) is 0 Å². The Morgan fingerprint density at radius 1 is 1.06 bits per heavy atom. The fourth-order valence-electron chi connectivity index (χ4n) is 4.08. The number of aryl methyl sites for hydroxylation is 1. The highest BCUT2D eigenvalue weighted by atomic mass is 79.9. The van der Waals surface area contributed by atoms with Crippen molar-refractivity contribution in [3.8, 4) is 5.75 Å². The zero-order chi connectivity index (χ0) is 25.5. The van der Waals surface area contributed by atoms with E-state index in [1.165, 1.54) is 0 Å². The minimum atomic E-state index is -0.380. The van der Waals surface area contributed by atoms with Gasteiger partial charge in [-0.1, -0.05) is 46.3 Å². The summed E-state index contributed by atoms with van der Waals surface area (Å²) >= 11 is 3.40. The van der Waals surface area contributed by atoms with E-state index in [0.29, 0.717) is 24.5 Å². The molecule has 3 amide bonds. The molecular weight excluding hydrogens is 522 g/mol. The molecule has 186 valence electrons. The van der Waals surface area contributed by atoms with Crippen LogP contribution in [0, 0.1) is 12.8 Å². The second-order valence-electron chi connectivity index (χ2n) is 8.72. The largest absolute Gasteiger partial charge is 0.484 e. The zero-order valence-electron chi connectivity index (χ0n) is 20.0. The van der Waals surface area contributed by atoms with Gasteiger partial charge in [0.1, 0.15) is 5.75 Å². The fourth-order valence-corrected chi connectivity index (χ4v) is 4.55. The van der Waals surface area contributed by atoms with E-state index < -0.39 is 0 Å². The van der Waals surface area contributed by atoms with Crippen LogP contribution in [-0.2, 0) is 20.8 Å². The first kappa shape index (κ1) is 25.4. The minimum Gasteiger partial charge on any atom is -0.484 e. The second-order valence-corrected chi connectivity index (χ2v) is 9.64. The molecule has 1 aliphatic rings. The van der Waals surface area contributed by atoms with E-state index >= 15 is 0 Å². The van der Waals surface area contributed by atoms with Crippen molar-refractivity contribution in [3.05, 3.63) is 88.4 Å². The summed E-state index contributed by atoms with van der Waals surface area (Å²) in [4.78, 5) is 39.0. The Kier molecular flexibility index (Phi) is 8.38. The topological polar surface area (TPSA) is 87.7 Å². The predicted molar refractivity (Wildman–Crippen MR) is 143 cm³/mol. The number of nitrogens with zero attached hydrogens (tertiary/aromatic N) is 1. The van der Waals surface area contributed by atoms with Gasteiger partial charge in [0.15, 0.2) is 6.61 Å². The van der Waals surface area contributed by atoms with Crippen LogP contribution < -0.4 is 20.3 Å². The van der Waals surface area contributed by atoms with Crippen molar-refractivity contribution in [2.75, 3.05) is 29.9 Å². The molecule has 8 heteroatoms. The fraction of sp³-hybridized carbons (Fsp3) is 0.250. The van der Waals surface area contributed by atoms with E-state index in [1.54, 1.807) is 29.2 Å². The van der Waals surface area contributed by atoms with E-state index in [1.807, 2.05) is 55.5 Å². The maximum Gasteiger partial charge on any atom is 0.262 e. The molecule has 1 fully saturated rings. The first-order chi connectivity index (χ1) is 17.4. The summed E-state index contributed by atoms with van der Waals surface area (Å²) in [6.45, 7) is 2.65. The van der Waals surface area contributed by atoms with Crippen molar-refractivity contribution >= 4 is 45.0 Å². The number of amides is 3. The minimum absolute atomic E-state index is 0.0869. The SMILES string of the molecule is Cc1cc(Br)ccc1NC(=O)COc1ccc(N2C[C@H](C(=O)NCCc3ccccc3)CC2=O)cc1. The third kappa shape index (κ3) is 6.73. The lowest BCUT2D eigenvalue weighted by atomic mass is 10.1. The highest BCUT2D eigenvalue weighted by Gasteiger charge is 2.34. The standard InChI is InChI=1S/C28H28BrN3O4/c1-19-15-22(29)7-12-25(19)31-26(33)18-36-24-10-8-23(9-11-24)32-17-21(16-27(32)34)28(35)30-14-13-20-5-3-2-4-6-20/h2-12,15,21H,13-14,16-18H2,1H3,(H,30,35)(H,31,33)/t21-/m1/s1. The van der Waals surface area contributed by atoms with Crippen molar-refractivity contribution in [1.82, 2.24) is 5.32 Å². The molecule has 0 saturated carbocycles. The average Bonchev–Trinajstić information content (AvgIpc) is 3.27. The first-order valence-corrected chi connectivity index (χ1v) is 12.6. The quantitative estimate of drug-likeness (QED) is 0.411. The summed E-state index contributed by atoms with van der Waals surface area (Å²) in [6.07, 6.45) is 0.935. The summed E-state index contributed by atoms with van der Waals surface area (Å²) in [5.74, 6) is -0.316. The van der Waals surface area contributed by atoms with Gasteiger partial charge in [0.2, 0.25) is 11.8 Å². The molecule has 1 heterocycles. The number of ether oxygens (including phenoxy) is 1. The number of benzene rings is 3. The first-order valence-electron chi connectivity index (χ1n) is 11.8. The van der Waals surface area contributed by atoms with Gasteiger partial charge in [-0.25, -0.2) is 0 Å². The molecule has 0 aromatic heterocycles. The van der Waals surface area contributed by atoms with Gasteiger partial charge >= 0.3 is 0 Å². The van der Waals surface area contributed by atoms with Gasteiger partial charge in [-0.2, -0.15) is 0 Å². The van der Waals surface area contributed by atoms with E-state index in [0.717, 1.165) is 27.7 Å². The molecule has 3 aromatic rings. The number of rotatable bonds is 9. The lowest BCUT2D eigenvalue weighted by molar-refractivity contribution is -0.126. The smallest absolute Gasteiger partial charge is 0.262 e. The molecule has 2 N–H and O–H groups in total. The average molecular weight is 550 g/mol. The van der Waals surface area contributed by atoms with Crippen molar-refractivity contribution < 1.29 is 19.1 Å². The highest BCUT2D eigenvalue weighted by Crippen LogP contribution is 2.27. The number of hydrogen-bond acceptors (Lipinski definition) is 4. The number of anilines is 2. The van der Waals surface area contributed by atoms with Crippen molar-refractivity contribution in [3.63, 3.8) is 0 Å². The molecule has 7 nitrogen and oxygen atoms in total. The van der Waals surface area contributed by atoms with Gasteiger partial charge < -0.3 is 20.3 Å². The molecule has 1 atom stereocenters. The normalized spacial score (nSPS) is 15.0.